The molecule has 0 radical (unpaired) electrons. The molecule has 0 fully saturated rings. The minimum absolute atomic E-state index is 0.920. The lowest BCUT2D eigenvalue weighted by Crippen LogP contribution is -2.13. The van der Waals surface area contributed by atoms with Gasteiger partial charge in [0.1, 0.15) is 0 Å². The molecule has 0 aromatic rings. The lowest BCUT2D eigenvalue weighted by Gasteiger charge is -2.04. The predicted octanol–water partition coefficient (Wildman–Crippen LogP) is 2.22. The van der Waals surface area contributed by atoms with Gasteiger partial charge in [-0.25, -0.2) is 0 Å². The van der Waals surface area contributed by atoms with E-state index in [1.54, 1.807) is 0 Å². The van der Waals surface area contributed by atoms with Crippen LogP contribution in [-0.2, 0) is 0 Å². The number of unbranched alkanes of at least 4 members (excludes halogenated alkanes) is 1. The number of hydrogen-bond donors (Lipinski definition) is 1. The standard InChI is InChI=1S/C11H15N/c1-2-3-4-5-7-11-8-6-9-12-10-11/h4-5,7,12H,2-3,8,10H2,1H3. The van der Waals surface area contributed by atoms with Gasteiger partial charge in [0, 0.05) is 19.0 Å². The molecule has 0 atom stereocenters. The van der Waals surface area contributed by atoms with Crippen molar-refractivity contribution in [1.29, 1.82) is 0 Å². The van der Waals surface area contributed by atoms with E-state index >= 15 is 0 Å². The van der Waals surface area contributed by atoms with E-state index in [2.05, 4.69) is 42.4 Å². The van der Waals surface area contributed by atoms with Crippen molar-refractivity contribution in [3.8, 4) is 12.0 Å². The van der Waals surface area contributed by atoms with Crippen LogP contribution in [0.4, 0.5) is 0 Å². The Balaban J connectivity index is 2.33. The van der Waals surface area contributed by atoms with Gasteiger partial charge in [-0.3, -0.25) is 0 Å². The van der Waals surface area contributed by atoms with Gasteiger partial charge in [0.05, 0.1) is 0 Å². The SMILES string of the molecule is CCCC=CC=C1CC#CNC1. The third kappa shape index (κ3) is 3.30. The van der Waals surface area contributed by atoms with Crippen LogP contribution in [0, 0.1) is 12.0 Å². The van der Waals surface area contributed by atoms with Gasteiger partial charge in [-0.2, -0.15) is 0 Å². The Labute approximate surface area is 74.6 Å². The van der Waals surface area contributed by atoms with E-state index in [9.17, 15) is 0 Å². The van der Waals surface area contributed by atoms with E-state index < -0.39 is 0 Å². The summed E-state index contributed by atoms with van der Waals surface area (Å²) in [6.45, 7) is 3.11. The van der Waals surface area contributed by atoms with Crippen LogP contribution >= 0.6 is 0 Å². The van der Waals surface area contributed by atoms with E-state index in [1.807, 2.05) is 0 Å². The molecule has 1 aliphatic rings. The second-order valence-corrected chi connectivity index (χ2v) is 2.87. The van der Waals surface area contributed by atoms with Crippen LogP contribution in [0.25, 0.3) is 0 Å². The van der Waals surface area contributed by atoms with Gasteiger partial charge in [-0.1, -0.05) is 37.5 Å². The van der Waals surface area contributed by atoms with Crippen LogP contribution in [-0.4, -0.2) is 6.54 Å². The van der Waals surface area contributed by atoms with Crippen molar-refractivity contribution in [1.82, 2.24) is 5.32 Å². The molecule has 1 N–H and O–H groups in total. The second kappa shape index (κ2) is 5.49. The van der Waals surface area contributed by atoms with Crippen LogP contribution in [0.15, 0.2) is 23.8 Å². The molecular formula is C11H15N. The minimum atomic E-state index is 0.920. The van der Waals surface area contributed by atoms with Crippen molar-refractivity contribution in [2.24, 2.45) is 0 Å². The zero-order chi connectivity index (χ0) is 8.65. The molecule has 0 aromatic heterocycles. The average molecular weight is 161 g/mol. The molecule has 0 spiro atoms. The Morgan fingerprint density at radius 3 is 3.17 bits per heavy atom. The number of rotatable bonds is 3. The molecule has 0 aliphatic carbocycles. The Morgan fingerprint density at radius 1 is 1.58 bits per heavy atom. The van der Waals surface area contributed by atoms with Gasteiger partial charge < -0.3 is 5.32 Å². The minimum Gasteiger partial charge on any atom is -0.342 e. The topological polar surface area (TPSA) is 12.0 Å². The van der Waals surface area contributed by atoms with Gasteiger partial charge in [-0.05, 0) is 12.0 Å². The van der Waals surface area contributed by atoms with Crippen LogP contribution in [0.5, 0.6) is 0 Å². The largest absolute Gasteiger partial charge is 0.342 e. The maximum Gasteiger partial charge on any atom is 0.0452 e. The molecule has 0 unspecified atom stereocenters. The highest BCUT2D eigenvalue weighted by atomic mass is 14.8. The van der Waals surface area contributed by atoms with Gasteiger partial charge in [-0.15, -0.1) is 0 Å². The first-order chi connectivity index (χ1) is 5.93. The molecule has 1 heterocycles. The zero-order valence-corrected chi connectivity index (χ0v) is 7.56. The van der Waals surface area contributed by atoms with E-state index in [0.717, 1.165) is 13.0 Å². The number of nitrogens with one attached hydrogen (secondary N) is 1. The first kappa shape index (κ1) is 8.93. The Kier molecular flexibility index (Phi) is 4.08. The first-order valence-electron chi connectivity index (χ1n) is 4.48. The van der Waals surface area contributed by atoms with Crippen LogP contribution in [0.3, 0.4) is 0 Å². The van der Waals surface area contributed by atoms with Gasteiger partial charge >= 0.3 is 0 Å². The molecular weight excluding hydrogens is 146 g/mol. The van der Waals surface area contributed by atoms with Crippen molar-refractivity contribution in [2.75, 3.05) is 6.54 Å². The highest BCUT2D eigenvalue weighted by Gasteiger charge is 1.95. The van der Waals surface area contributed by atoms with Crippen molar-refractivity contribution in [3.05, 3.63) is 23.8 Å². The quantitative estimate of drug-likeness (QED) is 0.626. The summed E-state index contributed by atoms with van der Waals surface area (Å²) < 4.78 is 0. The predicted molar refractivity (Wildman–Crippen MR) is 52.5 cm³/mol. The molecule has 0 saturated carbocycles. The molecule has 0 saturated heterocycles. The molecule has 0 bridgehead atoms. The lowest BCUT2D eigenvalue weighted by molar-refractivity contribution is 0.917. The number of allylic oxidation sites excluding steroid dienone is 3. The molecule has 64 valence electrons. The Hall–Kier alpha value is -1.16. The molecule has 1 aliphatic heterocycles. The van der Waals surface area contributed by atoms with E-state index in [4.69, 9.17) is 0 Å². The van der Waals surface area contributed by atoms with Crippen LogP contribution in [0.1, 0.15) is 26.2 Å². The van der Waals surface area contributed by atoms with Crippen LogP contribution in [0.2, 0.25) is 0 Å². The van der Waals surface area contributed by atoms with Gasteiger partial charge in [0.25, 0.3) is 0 Å². The monoisotopic (exact) mass is 161 g/mol. The van der Waals surface area contributed by atoms with E-state index in [1.165, 1.54) is 18.4 Å². The summed E-state index contributed by atoms with van der Waals surface area (Å²) in [5.74, 6) is 3.01. The van der Waals surface area contributed by atoms with Gasteiger partial charge in [0.15, 0.2) is 0 Å². The van der Waals surface area contributed by atoms with Crippen molar-refractivity contribution in [2.45, 2.75) is 26.2 Å². The maximum absolute atomic E-state index is 3.01. The zero-order valence-electron chi connectivity index (χ0n) is 7.56. The number of hydrogen-bond acceptors (Lipinski definition) is 1. The maximum atomic E-state index is 3.01. The first-order valence-corrected chi connectivity index (χ1v) is 4.48. The third-order valence-electron chi connectivity index (χ3n) is 1.73. The average Bonchev–Trinajstić information content (AvgIpc) is 2.14. The summed E-state index contributed by atoms with van der Waals surface area (Å²) in [5.41, 5.74) is 1.38. The van der Waals surface area contributed by atoms with Crippen LogP contribution < -0.4 is 5.32 Å². The summed E-state index contributed by atoms with van der Waals surface area (Å²) in [6.07, 6.45) is 9.81. The fourth-order valence-electron chi connectivity index (χ4n) is 1.03. The highest BCUT2D eigenvalue weighted by molar-refractivity contribution is 5.23. The molecule has 0 amide bonds. The van der Waals surface area contributed by atoms with Crippen molar-refractivity contribution >= 4 is 0 Å². The summed E-state index contributed by atoms with van der Waals surface area (Å²) >= 11 is 0. The second-order valence-electron chi connectivity index (χ2n) is 2.87. The van der Waals surface area contributed by atoms with E-state index in [-0.39, 0.29) is 0 Å². The highest BCUT2D eigenvalue weighted by Crippen LogP contribution is 2.02. The smallest absolute Gasteiger partial charge is 0.0452 e. The molecule has 0 aromatic carbocycles. The fourth-order valence-corrected chi connectivity index (χ4v) is 1.03. The lowest BCUT2D eigenvalue weighted by atomic mass is 10.1. The normalized spacial score (nSPS) is 18.9. The molecule has 1 heteroatoms. The van der Waals surface area contributed by atoms with Crippen molar-refractivity contribution < 1.29 is 0 Å². The summed E-state index contributed by atoms with van der Waals surface area (Å²) in [7, 11) is 0. The molecule has 1 nitrogen and oxygen atoms in total. The molecule has 12 heavy (non-hydrogen) atoms. The van der Waals surface area contributed by atoms with E-state index in [0.29, 0.717) is 0 Å². The van der Waals surface area contributed by atoms with Gasteiger partial charge in [0.2, 0.25) is 0 Å². The fraction of sp³-hybridized carbons (Fsp3) is 0.455. The Morgan fingerprint density at radius 2 is 2.50 bits per heavy atom. The summed E-state index contributed by atoms with van der Waals surface area (Å²) in [5, 5.41) is 3.01. The van der Waals surface area contributed by atoms with Crippen molar-refractivity contribution in [3.63, 3.8) is 0 Å². The Bertz CT molecular complexity index is 237. The summed E-state index contributed by atoms with van der Waals surface area (Å²) in [4.78, 5) is 0. The summed E-state index contributed by atoms with van der Waals surface area (Å²) in [6, 6.07) is 2.85. The third-order valence-corrected chi connectivity index (χ3v) is 1.73. The molecule has 1 rings (SSSR count).